The minimum Gasteiger partial charge on any atom is -0.480 e. The van der Waals surface area contributed by atoms with Crippen LogP contribution in [0, 0.1) is 11.3 Å². The van der Waals surface area contributed by atoms with Gasteiger partial charge >= 0.3 is 5.97 Å². The standard InChI is InChI=1S/C14H26N2O4/c1-7-8(2)10(12(18)19)16-11(17)9(3)15-13(20)14(4,5)6/h8-10H,7H2,1-6H3,(H,15,20)(H,16,17)(H,18,19). The van der Waals surface area contributed by atoms with Crippen LogP contribution in [0.25, 0.3) is 0 Å². The lowest BCUT2D eigenvalue weighted by Crippen LogP contribution is -2.53. The van der Waals surface area contributed by atoms with Crippen molar-refractivity contribution in [1.29, 1.82) is 0 Å². The Kier molecular flexibility index (Phi) is 6.68. The maximum absolute atomic E-state index is 12.0. The monoisotopic (exact) mass is 286 g/mol. The van der Waals surface area contributed by atoms with Gasteiger partial charge in [0.15, 0.2) is 0 Å². The van der Waals surface area contributed by atoms with Gasteiger partial charge in [0.2, 0.25) is 11.8 Å². The van der Waals surface area contributed by atoms with Crippen molar-refractivity contribution in [3.63, 3.8) is 0 Å². The quantitative estimate of drug-likeness (QED) is 0.682. The molecule has 0 fully saturated rings. The molecule has 0 spiro atoms. The first kappa shape index (κ1) is 18.4. The molecule has 3 unspecified atom stereocenters. The van der Waals surface area contributed by atoms with Gasteiger partial charge in [-0.1, -0.05) is 41.0 Å². The Morgan fingerprint density at radius 3 is 1.95 bits per heavy atom. The Morgan fingerprint density at radius 1 is 1.10 bits per heavy atom. The first-order valence-corrected chi connectivity index (χ1v) is 6.84. The summed E-state index contributed by atoms with van der Waals surface area (Å²) in [6.45, 7) is 10.4. The van der Waals surface area contributed by atoms with Crippen LogP contribution in [0.3, 0.4) is 0 Å². The van der Waals surface area contributed by atoms with Gasteiger partial charge in [0.1, 0.15) is 12.1 Å². The molecule has 0 heterocycles. The van der Waals surface area contributed by atoms with E-state index < -0.39 is 29.4 Å². The number of hydrogen-bond acceptors (Lipinski definition) is 3. The van der Waals surface area contributed by atoms with Crippen LogP contribution in [0.4, 0.5) is 0 Å². The Labute approximate surface area is 120 Å². The lowest BCUT2D eigenvalue weighted by atomic mass is 9.95. The first-order valence-electron chi connectivity index (χ1n) is 6.84. The largest absolute Gasteiger partial charge is 0.480 e. The van der Waals surface area contributed by atoms with E-state index >= 15 is 0 Å². The van der Waals surface area contributed by atoms with Gasteiger partial charge in [-0.25, -0.2) is 4.79 Å². The molecule has 0 aliphatic rings. The number of carboxylic acids is 1. The third-order valence-electron chi connectivity index (χ3n) is 3.20. The van der Waals surface area contributed by atoms with Crippen molar-refractivity contribution in [2.24, 2.45) is 11.3 Å². The van der Waals surface area contributed by atoms with Crippen molar-refractivity contribution >= 4 is 17.8 Å². The molecule has 0 aromatic carbocycles. The summed E-state index contributed by atoms with van der Waals surface area (Å²) in [6, 6.07) is -1.71. The molecule has 0 aliphatic heterocycles. The van der Waals surface area contributed by atoms with Gasteiger partial charge in [-0.05, 0) is 12.8 Å². The van der Waals surface area contributed by atoms with Crippen molar-refractivity contribution in [2.45, 2.75) is 60.0 Å². The number of aliphatic carboxylic acids is 1. The summed E-state index contributed by atoms with van der Waals surface area (Å²) in [4.78, 5) is 34.9. The molecule has 0 radical (unpaired) electrons. The fourth-order valence-corrected chi connectivity index (χ4v) is 1.44. The molecule has 3 N–H and O–H groups in total. The van der Waals surface area contributed by atoms with Crippen molar-refractivity contribution in [3.05, 3.63) is 0 Å². The Morgan fingerprint density at radius 2 is 1.60 bits per heavy atom. The molecule has 2 amide bonds. The highest BCUT2D eigenvalue weighted by Gasteiger charge is 2.29. The van der Waals surface area contributed by atoms with Gasteiger partial charge in [0.25, 0.3) is 0 Å². The SMILES string of the molecule is CCC(C)C(NC(=O)C(C)NC(=O)C(C)(C)C)C(=O)O. The molecule has 3 atom stereocenters. The van der Waals surface area contributed by atoms with Crippen LogP contribution in [0.2, 0.25) is 0 Å². The lowest BCUT2D eigenvalue weighted by Gasteiger charge is -2.24. The zero-order valence-corrected chi connectivity index (χ0v) is 13.1. The Balaban J connectivity index is 4.66. The van der Waals surface area contributed by atoms with Gasteiger partial charge in [-0.15, -0.1) is 0 Å². The van der Waals surface area contributed by atoms with Crippen LogP contribution in [0.15, 0.2) is 0 Å². The highest BCUT2D eigenvalue weighted by molar-refractivity contribution is 5.91. The summed E-state index contributed by atoms with van der Waals surface area (Å²) < 4.78 is 0. The number of carboxylic acid groups (broad SMARTS) is 1. The molecule has 6 nitrogen and oxygen atoms in total. The summed E-state index contributed by atoms with van der Waals surface area (Å²) >= 11 is 0. The Bertz CT molecular complexity index is 374. The second kappa shape index (κ2) is 7.26. The lowest BCUT2D eigenvalue weighted by molar-refractivity contribution is -0.143. The van der Waals surface area contributed by atoms with E-state index in [2.05, 4.69) is 10.6 Å². The minimum atomic E-state index is -1.07. The predicted molar refractivity (Wildman–Crippen MR) is 76.1 cm³/mol. The van der Waals surface area contributed by atoms with E-state index in [-0.39, 0.29) is 11.8 Å². The molecular formula is C14H26N2O4. The smallest absolute Gasteiger partial charge is 0.326 e. The van der Waals surface area contributed by atoms with Crippen LogP contribution in [0.5, 0.6) is 0 Å². The molecule has 0 bridgehead atoms. The van der Waals surface area contributed by atoms with Crippen molar-refractivity contribution < 1.29 is 19.5 Å². The molecule has 20 heavy (non-hydrogen) atoms. The predicted octanol–water partition coefficient (Wildman–Crippen LogP) is 1.15. The van der Waals surface area contributed by atoms with Crippen molar-refractivity contribution in [1.82, 2.24) is 10.6 Å². The van der Waals surface area contributed by atoms with E-state index in [1.165, 1.54) is 6.92 Å². The summed E-state index contributed by atoms with van der Waals surface area (Å²) in [5, 5.41) is 14.2. The van der Waals surface area contributed by atoms with Crippen LogP contribution >= 0.6 is 0 Å². The van der Waals surface area contributed by atoms with Crippen molar-refractivity contribution in [3.8, 4) is 0 Å². The van der Waals surface area contributed by atoms with E-state index in [4.69, 9.17) is 5.11 Å². The molecule has 0 rings (SSSR count). The van der Waals surface area contributed by atoms with E-state index in [1.807, 2.05) is 6.92 Å². The summed E-state index contributed by atoms with van der Waals surface area (Å²) in [6.07, 6.45) is 0.639. The number of hydrogen-bond donors (Lipinski definition) is 3. The molecule has 0 aromatic heterocycles. The van der Waals surface area contributed by atoms with Crippen LogP contribution in [0.1, 0.15) is 48.0 Å². The van der Waals surface area contributed by atoms with Crippen LogP contribution in [-0.4, -0.2) is 35.0 Å². The molecule has 0 aliphatic carbocycles. The maximum Gasteiger partial charge on any atom is 0.326 e. The molecule has 6 heteroatoms. The van der Waals surface area contributed by atoms with Gasteiger partial charge in [-0.3, -0.25) is 9.59 Å². The maximum atomic E-state index is 12.0. The second-order valence-corrected chi connectivity index (χ2v) is 6.16. The summed E-state index contributed by atoms with van der Waals surface area (Å²) in [5.41, 5.74) is -0.600. The third-order valence-corrected chi connectivity index (χ3v) is 3.20. The van der Waals surface area contributed by atoms with Crippen molar-refractivity contribution in [2.75, 3.05) is 0 Å². The highest BCUT2D eigenvalue weighted by Crippen LogP contribution is 2.13. The van der Waals surface area contributed by atoms with Crippen LogP contribution < -0.4 is 10.6 Å². The fourth-order valence-electron chi connectivity index (χ4n) is 1.44. The van der Waals surface area contributed by atoms with Gasteiger partial charge in [-0.2, -0.15) is 0 Å². The highest BCUT2D eigenvalue weighted by atomic mass is 16.4. The Hall–Kier alpha value is -1.59. The van der Waals surface area contributed by atoms with Gasteiger partial charge < -0.3 is 15.7 Å². The average molecular weight is 286 g/mol. The molecule has 0 saturated carbocycles. The van der Waals surface area contributed by atoms with E-state index in [9.17, 15) is 14.4 Å². The van der Waals surface area contributed by atoms with Gasteiger partial charge in [0.05, 0.1) is 0 Å². The minimum absolute atomic E-state index is 0.179. The zero-order chi connectivity index (χ0) is 16.1. The number of carbonyl (C=O) groups excluding carboxylic acids is 2. The van der Waals surface area contributed by atoms with E-state index in [0.717, 1.165) is 0 Å². The topological polar surface area (TPSA) is 95.5 Å². The number of carbonyl (C=O) groups is 3. The first-order chi connectivity index (χ1) is 9.00. The summed E-state index contributed by atoms with van der Waals surface area (Å²) in [7, 11) is 0. The second-order valence-electron chi connectivity index (χ2n) is 6.16. The zero-order valence-electron chi connectivity index (χ0n) is 13.1. The normalized spacial score (nSPS) is 15.9. The third kappa shape index (κ3) is 5.59. The summed E-state index contributed by atoms with van der Waals surface area (Å²) in [5.74, 6) is -1.99. The van der Waals surface area contributed by atoms with E-state index in [1.54, 1.807) is 27.7 Å². The molecule has 116 valence electrons. The average Bonchev–Trinajstić information content (AvgIpc) is 2.32. The number of rotatable bonds is 6. The molecule has 0 saturated heterocycles. The fraction of sp³-hybridized carbons (Fsp3) is 0.786. The van der Waals surface area contributed by atoms with Gasteiger partial charge in [0, 0.05) is 5.41 Å². The molecular weight excluding hydrogens is 260 g/mol. The number of amides is 2. The van der Waals surface area contributed by atoms with Crippen LogP contribution in [-0.2, 0) is 14.4 Å². The van der Waals surface area contributed by atoms with E-state index in [0.29, 0.717) is 6.42 Å². The number of nitrogens with one attached hydrogen (secondary N) is 2. The molecule has 0 aromatic rings.